The van der Waals surface area contributed by atoms with Crippen LogP contribution in [0.1, 0.15) is 32.6 Å². The van der Waals surface area contributed by atoms with Gasteiger partial charge in [-0.25, -0.2) is 9.97 Å². The molecule has 1 heterocycles. The maximum absolute atomic E-state index is 5.93. The molecule has 17 heavy (non-hydrogen) atoms. The quantitative estimate of drug-likeness (QED) is 0.870. The first-order chi connectivity index (χ1) is 8.13. The van der Waals surface area contributed by atoms with E-state index in [1.165, 1.54) is 12.8 Å². The van der Waals surface area contributed by atoms with Gasteiger partial charge in [-0.15, -0.1) is 0 Å². The van der Waals surface area contributed by atoms with Gasteiger partial charge in [0.1, 0.15) is 0 Å². The van der Waals surface area contributed by atoms with E-state index in [-0.39, 0.29) is 5.54 Å². The SMILES string of the molecule is CC1CCCC(CN)(Nc2ncc(Cl)cn2)C1. The van der Waals surface area contributed by atoms with Crippen molar-refractivity contribution in [3.63, 3.8) is 0 Å². The second-order valence-corrected chi connectivity index (χ2v) is 5.47. The fourth-order valence-corrected chi connectivity index (χ4v) is 2.72. The molecule has 94 valence electrons. The average molecular weight is 255 g/mol. The molecule has 0 amide bonds. The lowest BCUT2D eigenvalue weighted by atomic mass is 9.76. The van der Waals surface area contributed by atoms with E-state index in [1.807, 2.05) is 0 Å². The minimum absolute atomic E-state index is 0.0501. The summed E-state index contributed by atoms with van der Waals surface area (Å²) in [6, 6.07) is 0. The number of hydrogen-bond acceptors (Lipinski definition) is 4. The van der Waals surface area contributed by atoms with E-state index in [0.29, 0.717) is 23.4 Å². The fraction of sp³-hybridized carbons (Fsp3) is 0.667. The van der Waals surface area contributed by atoms with Crippen molar-refractivity contribution in [3.05, 3.63) is 17.4 Å². The second-order valence-electron chi connectivity index (χ2n) is 5.04. The summed E-state index contributed by atoms with van der Waals surface area (Å²) in [4.78, 5) is 8.36. The van der Waals surface area contributed by atoms with E-state index in [9.17, 15) is 0 Å². The molecule has 0 radical (unpaired) electrons. The summed E-state index contributed by atoms with van der Waals surface area (Å²) in [5, 5.41) is 3.95. The van der Waals surface area contributed by atoms with Crippen LogP contribution in [-0.4, -0.2) is 22.1 Å². The molecular weight excluding hydrogens is 236 g/mol. The predicted molar refractivity (Wildman–Crippen MR) is 70.1 cm³/mol. The Kier molecular flexibility index (Phi) is 3.84. The van der Waals surface area contributed by atoms with Gasteiger partial charge in [-0.1, -0.05) is 31.4 Å². The smallest absolute Gasteiger partial charge is 0.223 e. The van der Waals surface area contributed by atoms with Crippen molar-refractivity contribution >= 4 is 17.5 Å². The summed E-state index contributed by atoms with van der Waals surface area (Å²) in [7, 11) is 0. The molecule has 1 aromatic heterocycles. The number of nitrogens with one attached hydrogen (secondary N) is 1. The molecule has 1 saturated carbocycles. The summed E-state index contributed by atoms with van der Waals surface area (Å²) < 4.78 is 0. The van der Waals surface area contributed by atoms with E-state index in [4.69, 9.17) is 17.3 Å². The van der Waals surface area contributed by atoms with Gasteiger partial charge in [-0.3, -0.25) is 0 Å². The molecule has 0 spiro atoms. The highest BCUT2D eigenvalue weighted by Crippen LogP contribution is 2.33. The molecule has 1 aliphatic carbocycles. The van der Waals surface area contributed by atoms with Crippen LogP contribution >= 0.6 is 11.6 Å². The Morgan fingerprint density at radius 2 is 2.24 bits per heavy atom. The van der Waals surface area contributed by atoms with Crippen molar-refractivity contribution in [1.29, 1.82) is 0 Å². The molecule has 1 fully saturated rings. The standard InChI is InChI=1S/C12H19ClN4/c1-9-3-2-4-12(5-9,8-14)17-11-15-6-10(13)7-16-11/h6-7,9H,2-5,8,14H2,1H3,(H,15,16,17). The van der Waals surface area contributed by atoms with Gasteiger partial charge in [-0.05, 0) is 18.8 Å². The minimum Gasteiger partial charge on any atom is -0.348 e. The summed E-state index contributed by atoms with van der Waals surface area (Å²) >= 11 is 5.77. The molecule has 0 aliphatic heterocycles. The van der Waals surface area contributed by atoms with Crippen molar-refractivity contribution < 1.29 is 0 Å². The van der Waals surface area contributed by atoms with E-state index in [0.717, 1.165) is 12.8 Å². The first-order valence-corrected chi connectivity index (χ1v) is 6.47. The summed E-state index contributed by atoms with van der Waals surface area (Å²) in [5.74, 6) is 1.32. The zero-order chi connectivity index (χ0) is 12.3. The number of rotatable bonds is 3. The van der Waals surface area contributed by atoms with Crippen LogP contribution in [0, 0.1) is 5.92 Å². The topological polar surface area (TPSA) is 63.8 Å². The van der Waals surface area contributed by atoms with Crippen LogP contribution in [0.3, 0.4) is 0 Å². The Morgan fingerprint density at radius 1 is 1.53 bits per heavy atom. The van der Waals surface area contributed by atoms with Gasteiger partial charge in [0, 0.05) is 6.54 Å². The first-order valence-electron chi connectivity index (χ1n) is 6.09. The molecule has 2 unspecified atom stereocenters. The second kappa shape index (κ2) is 5.19. The molecule has 0 bridgehead atoms. The number of halogens is 1. The van der Waals surface area contributed by atoms with E-state index < -0.39 is 0 Å². The molecule has 1 aliphatic rings. The van der Waals surface area contributed by atoms with Crippen LogP contribution in [0.4, 0.5) is 5.95 Å². The van der Waals surface area contributed by atoms with Crippen LogP contribution in [0.15, 0.2) is 12.4 Å². The third-order valence-electron chi connectivity index (χ3n) is 3.48. The van der Waals surface area contributed by atoms with Crippen LogP contribution in [0.5, 0.6) is 0 Å². The lowest BCUT2D eigenvalue weighted by molar-refractivity contribution is 0.263. The highest BCUT2D eigenvalue weighted by Gasteiger charge is 2.34. The van der Waals surface area contributed by atoms with Gasteiger partial charge in [0.15, 0.2) is 0 Å². The number of nitrogens with two attached hydrogens (primary N) is 1. The molecule has 2 atom stereocenters. The maximum Gasteiger partial charge on any atom is 0.223 e. The number of aromatic nitrogens is 2. The van der Waals surface area contributed by atoms with Crippen molar-refractivity contribution in [2.45, 2.75) is 38.1 Å². The van der Waals surface area contributed by atoms with Crippen molar-refractivity contribution in [2.24, 2.45) is 11.7 Å². The van der Waals surface area contributed by atoms with Crippen LogP contribution in [0.25, 0.3) is 0 Å². The molecule has 4 nitrogen and oxygen atoms in total. The number of anilines is 1. The molecule has 1 aromatic rings. The van der Waals surface area contributed by atoms with Crippen molar-refractivity contribution in [2.75, 3.05) is 11.9 Å². The maximum atomic E-state index is 5.93. The number of nitrogens with zero attached hydrogens (tertiary/aromatic N) is 2. The number of hydrogen-bond donors (Lipinski definition) is 2. The molecule has 5 heteroatoms. The van der Waals surface area contributed by atoms with Gasteiger partial charge >= 0.3 is 0 Å². The molecule has 2 rings (SSSR count). The van der Waals surface area contributed by atoms with Gasteiger partial charge in [0.05, 0.1) is 23.0 Å². The molecular formula is C12H19ClN4. The van der Waals surface area contributed by atoms with Crippen LogP contribution in [-0.2, 0) is 0 Å². The van der Waals surface area contributed by atoms with Crippen LogP contribution in [0.2, 0.25) is 5.02 Å². The minimum atomic E-state index is -0.0501. The highest BCUT2D eigenvalue weighted by atomic mass is 35.5. The summed E-state index contributed by atoms with van der Waals surface area (Å²) in [5.41, 5.74) is 5.88. The zero-order valence-corrected chi connectivity index (χ0v) is 10.9. The zero-order valence-electron chi connectivity index (χ0n) is 10.1. The van der Waals surface area contributed by atoms with Crippen molar-refractivity contribution in [1.82, 2.24) is 9.97 Å². The Bertz CT molecular complexity index is 367. The lowest BCUT2D eigenvalue weighted by Crippen LogP contribution is -2.49. The van der Waals surface area contributed by atoms with Gasteiger partial charge in [0.2, 0.25) is 5.95 Å². The van der Waals surface area contributed by atoms with Gasteiger partial charge in [0.25, 0.3) is 0 Å². The van der Waals surface area contributed by atoms with Gasteiger partial charge in [-0.2, -0.15) is 0 Å². The predicted octanol–water partition coefficient (Wildman–Crippen LogP) is 2.45. The summed E-state index contributed by atoms with van der Waals surface area (Å²) in [6.07, 6.45) is 7.86. The van der Waals surface area contributed by atoms with E-state index in [1.54, 1.807) is 12.4 Å². The molecule has 0 aromatic carbocycles. The lowest BCUT2D eigenvalue weighted by Gasteiger charge is -2.39. The molecule has 3 N–H and O–H groups in total. The third kappa shape index (κ3) is 3.07. The Labute approximate surface area is 107 Å². The normalized spacial score (nSPS) is 29.0. The third-order valence-corrected chi connectivity index (χ3v) is 3.67. The Hall–Kier alpha value is -0.870. The Morgan fingerprint density at radius 3 is 2.82 bits per heavy atom. The van der Waals surface area contributed by atoms with Gasteiger partial charge < -0.3 is 11.1 Å². The van der Waals surface area contributed by atoms with E-state index in [2.05, 4.69) is 22.2 Å². The molecule has 0 saturated heterocycles. The highest BCUT2D eigenvalue weighted by molar-refractivity contribution is 6.30. The first kappa shape index (κ1) is 12.6. The Balaban J connectivity index is 2.10. The van der Waals surface area contributed by atoms with Crippen molar-refractivity contribution in [3.8, 4) is 0 Å². The van der Waals surface area contributed by atoms with E-state index >= 15 is 0 Å². The fourth-order valence-electron chi connectivity index (χ4n) is 2.62. The largest absolute Gasteiger partial charge is 0.348 e. The average Bonchev–Trinajstić information content (AvgIpc) is 2.32. The summed E-state index contributed by atoms with van der Waals surface area (Å²) in [6.45, 7) is 2.89. The monoisotopic (exact) mass is 254 g/mol. The van der Waals surface area contributed by atoms with Crippen LogP contribution < -0.4 is 11.1 Å².